The van der Waals surface area contributed by atoms with E-state index in [1.54, 1.807) is 24.0 Å². The molecule has 3 N–H and O–H groups in total. The van der Waals surface area contributed by atoms with Gasteiger partial charge in [-0.15, -0.1) is 34.4 Å². The van der Waals surface area contributed by atoms with Gasteiger partial charge in [0.15, 0.2) is 10.8 Å². The highest BCUT2D eigenvalue weighted by molar-refractivity contribution is 8.00. The van der Waals surface area contributed by atoms with Crippen LogP contribution in [0.25, 0.3) is 10.9 Å². The maximum Gasteiger partial charge on any atom is 0.352 e. The molecule has 0 radical (unpaired) electrons. The second-order valence-corrected chi connectivity index (χ2v) is 19.8. The van der Waals surface area contributed by atoms with E-state index in [0.29, 0.717) is 10.7 Å². The third-order valence-corrected chi connectivity index (χ3v) is 15.8. The summed E-state index contributed by atoms with van der Waals surface area (Å²) in [4.78, 5) is 60.7. The third kappa shape index (κ3) is 8.36. The first-order chi connectivity index (χ1) is 35.3. The van der Waals surface area contributed by atoms with Gasteiger partial charge in [-0.25, -0.2) is 14.8 Å². The molecule has 12 nitrogen and oxygen atoms in total. The number of carboxylic acid groups (broad SMARTS) is 1. The smallest absolute Gasteiger partial charge is 0.352 e. The summed E-state index contributed by atoms with van der Waals surface area (Å²) >= 11 is 4.18. The van der Waals surface area contributed by atoms with Crippen molar-refractivity contribution < 1.29 is 24.3 Å². The van der Waals surface area contributed by atoms with Crippen molar-refractivity contribution in [1.82, 2.24) is 24.6 Å². The number of β-lactam (4-membered cyclic amide) rings is 1. The Labute approximate surface area is 426 Å². The van der Waals surface area contributed by atoms with Gasteiger partial charge in [0.05, 0.1) is 11.9 Å². The number of nitrogens with one attached hydrogen (secondary N) is 2. The molecule has 5 heterocycles. The summed E-state index contributed by atoms with van der Waals surface area (Å²) in [6.45, 7) is 0. The topological polar surface area (TPSA) is 151 Å². The maximum absolute atomic E-state index is 15.1. The maximum atomic E-state index is 15.1. The van der Waals surface area contributed by atoms with Gasteiger partial charge in [-0.1, -0.05) is 193 Å². The van der Waals surface area contributed by atoms with E-state index in [1.807, 2.05) is 161 Å². The molecule has 0 aliphatic carbocycles. The summed E-state index contributed by atoms with van der Waals surface area (Å²) in [6, 6.07) is 58.3. The molecule has 2 atom stereocenters. The minimum atomic E-state index is -1.37. The lowest BCUT2D eigenvalue weighted by molar-refractivity contribution is -0.150. The number of thioether (sulfide) groups is 1. The molecule has 15 heteroatoms. The van der Waals surface area contributed by atoms with Crippen molar-refractivity contribution in [2.45, 2.75) is 22.6 Å². The number of oxime groups is 1. The monoisotopic (exact) mass is 1000 g/mol. The Bertz CT molecular complexity index is 3300. The first kappa shape index (κ1) is 46.0. The Balaban J connectivity index is 0.993. The predicted octanol–water partition coefficient (Wildman–Crippen LogP) is 10.4. The van der Waals surface area contributed by atoms with E-state index in [-0.39, 0.29) is 22.9 Å². The number of aliphatic carboxylic acids is 1. The lowest BCUT2D eigenvalue weighted by atomic mass is 9.77. The number of imidazole rings is 1. The molecule has 0 saturated carbocycles. The molecule has 11 rings (SSSR count). The third-order valence-electron chi connectivity index (χ3n) is 12.8. The Morgan fingerprint density at radius 2 is 1.21 bits per heavy atom. The van der Waals surface area contributed by atoms with Gasteiger partial charge in [-0.05, 0) is 28.3 Å². The standard InChI is InChI=1S/C57H43N7O5S3/c65-51(60-49-52(66)64-50(54(67)68)38(34-71-53(49)64)31-32-45-35-70-47-33-58-37-63(45)47)48(62-69-57(42-25-13-4-14-26-42,43-27-15-5-16-28-43)44-29-17-6-18-30-44)46-36-72-55(59-46)61-56(39-19-7-1-8-20-39,40-21-9-2-10-22-40)41-23-11-3-12-24-41/h1-33,35-37,49,53H,34H2,(H,59,61)(H,60,65)(H,67,68)/b32-31+,62-48-/t49-,53-/m1/s1. The van der Waals surface area contributed by atoms with Gasteiger partial charge in [0.1, 0.15) is 39.5 Å². The molecule has 2 amide bonds. The number of benzene rings is 6. The van der Waals surface area contributed by atoms with Crippen LogP contribution in [0, 0.1) is 0 Å². The zero-order valence-electron chi connectivity index (χ0n) is 38.2. The minimum Gasteiger partial charge on any atom is -0.477 e. The van der Waals surface area contributed by atoms with Gasteiger partial charge in [0.25, 0.3) is 11.8 Å². The number of aromatic nitrogens is 3. The summed E-state index contributed by atoms with van der Waals surface area (Å²) in [5.41, 5.74) is 3.98. The zero-order chi connectivity index (χ0) is 49.1. The van der Waals surface area contributed by atoms with E-state index in [2.05, 4.69) is 52.0 Å². The Hall–Kier alpha value is -8.37. The quantitative estimate of drug-likeness (QED) is 0.0372. The van der Waals surface area contributed by atoms with E-state index >= 15 is 4.79 Å². The fraction of sp³-hybridized carbons (Fsp3) is 0.0877. The number of carboxylic acids is 1. The summed E-state index contributed by atoms with van der Waals surface area (Å²) in [5.74, 6) is -2.27. The second kappa shape index (κ2) is 19.8. The number of nitrogens with zero attached hydrogens (tertiary/aromatic N) is 5. The number of carbonyl (C=O) groups excluding carboxylic acids is 2. The summed E-state index contributed by atoms with van der Waals surface area (Å²) < 4.78 is 1.90. The van der Waals surface area contributed by atoms with Crippen molar-refractivity contribution in [3.05, 3.63) is 267 Å². The zero-order valence-corrected chi connectivity index (χ0v) is 40.6. The van der Waals surface area contributed by atoms with Gasteiger partial charge in [-0.3, -0.25) is 18.9 Å². The van der Waals surface area contributed by atoms with Crippen LogP contribution < -0.4 is 10.6 Å². The Morgan fingerprint density at radius 3 is 1.72 bits per heavy atom. The van der Waals surface area contributed by atoms with E-state index in [4.69, 9.17) is 15.0 Å². The summed E-state index contributed by atoms with van der Waals surface area (Å²) in [5, 5.41) is 25.6. The predicted molar refractivity (Wildman–Crippen MR) is 284 cm³/mol. The number of allylic oxidation sites excluding steroid dienone is 1. The lowest BCUT2D eigenvalue weighted by Gasteiger charge is -2.49. The Morgan fingerprint density at radius 1 is 0.694 bits per heavy atom. The highest BCUT2D eigenvalue weighted by Gasteiger charge is 2.54. The average Bonchev–Trinajstić information content (AvgIpc) is 4.21. The lowest BCUT2D eigenvalue weighted by Crippen LogP contribution is -2.71. The van der Waals surface area contributed by atoms with Gasteiger partial charge in [0, 0.05) is 33.2 Å². The summed E-state index contributed by atoms with van der Waals surface area (Å²) in [7, 11) is 0. The Kier molecular flexibility index (Phi) is 12.7. The van der Waals surface area contributed by atoms with Gasteiger partial charge < -0.3 is 20.6 Å². The molecular weight excluding hydrogens is 959 g/mol. The fourth-order valence-corrected chi connectivity index (χ4v) is 12.3. The molecule has 2 aliphatic rings. The number of fused-ring (bicyclic) bond motifs is 2. The van der Waals surface area contributed by atoms with E-state index in [1.165, 1.54) is 39.3 Å². The highest BCUT2D eigenvalue weighted by Crippen LogP contribution is 2.44. The van der Waals surface area contributed by atoms with Crippen molar-refractivity contribution in [1.29, 1.82) is 0 Å². The highest BCUT2D eigenvalue weighted by atomic mass is 32.2. The van der Waals surface area contributed by atoms with Crippen molar-refractivity contribution >= 4 is 74.0 Å². The fourth-order valence-electron chi connectivity index (χ4n) is 9.40. The normalized spacial score (nSPS) is 16.1. The molecule has 2 aliphatic heterocycles. The van der Waals surface area contributed by atoms with Crippen LogP contribution in [-0.4, -0.2) is 65.0 Å². The largest absolute Gasteiger partial charge is 0.477 e. The van der Waals surface area contributed by atoms with Crippen LogP contribution >= 0.6 is 34.4 Å². The van der Waals surface area contributed by atoms with Crippen LogP contribution in [0.5, 0.6) is 0 Å². The molecule has 3 aromatic heterocycles. The molecule has 1 saturated heterocycles. The molecule has 6 aromatic carbocycles. The second-order valence-electron chi connectivity index (χ2n) is 17.0. The number of anilines is 1. The van der Waals surface area contributed by atoms with Crippen LogP contribution in [0.2, 0.25) is 0 Å². The van der Waals surface area contributed by atoms with Gasteiger partial charge in [-0.2, -0.15) is 0 Å². The molecule has 72 heavy (non-hydrogen) atoms. The SMILES string of the molecule is O=C(O)C1=C(/C=C/c2csc3cncn23)CS[C@@H]2[C@H](NC(=O)/C(=N\OC(c3ccccc3)(c3ccccc3)c3ccccc3)c3csc(NC(c4ccccc4)(c4ccccc4)c4ccccc4)n3)C(=O)N12. The van der Waals surface area contributed by atoms with Crippen LogP contribution in [0.1, 0.15) is 44.8 Å². The molecule has 0 spiro atoms. The number of carbonyl (C=O) groups is 3. The van der Waals surface area contributed by atoms with Crippen LogP contribution in [0.4, 0.5) is 5.13 Å². The molecule has 9 aromatic rings. The van der Waals surface area contributed by atoms with Crippen molar-refractivity contribution in [3.63, 3.8) is 0 Å². The first-order valence-corrected chi connectivity index (χ1v) is 25.8. The van der Waals surface area contributed by atoms with E-state index < -0.39 is 40.3 Å². The number of hydrogen-bond donors (Lipinski definition) is 3. The molecule has 354 valence electrons. The van der Waals surface area contributed by atoms with Crippen molar-refractivity contribution in [3.8, 4) is 0 Å². The summed E-state index contributed by atoms with van der Waals surface area (Å²) in [6.07, 6.45) is 6.99. The number of hydrogen-bond acceptors (Lipinski definition) is 11. The number of rotatable bonds is 16. The van der Waals surface area contributed by atoms with Crippen molar-refractivity contribution in [2.75, 3.05) is 11.1 Å². The van der Waals surface area contributed by atoms with Crippen LogP contribution in [0.3, 0.4) is 0 Å². The molecule has 0 unspecified atom stereocenters. The van der Waals surface area contributed by atoms with Crippen LogP contribution in [0.15, 0.2) is 228 Å². The van der Waals surface area contributed by atoms with Gasteiger partial charge >= 0.3 is 5.97 Å². The molecular formula is C57H43N7O5S3. The van der Waals surface area contributed by atoms with E-state index in [0.717, 1.165) is 43.9 Å². The number of thiazole rings is 2. The first-order valence-electron chi connectivity index (χ1n) is 23.0. The minimum absolute atomic E-state index is 0.132. The van der Waals surface area contributed by atoms with Gasteiger partial charge in [0.2, 0.25) is 5.60 Å². The number of amides is 2. The molecule has 1 fully saturated rings. The molecule has 0 bridgehead atoms. The van der Waals surface area contributed by atoms with Crippen LogP contribution in [-0.2, 0) is 30.4 Å². The van der Waals surface area contributed by atoms with E-state index in [9.17, 15) is 14.7 Å². The average molecular weight is 1000 g/mol. The van der Waals surface area contributed by atoms with Crippen molar-refractivity contribution in [2.24, 2.45) is 5.16 Å².